The summed E-state index contributed by atoms with van der Waals surface area (Å²) in [7, 11) is 0. The van der Waals surface area contributed by atoms with Gasteiger partial charge >= 0.3 is 0 Å². The standard InChI is InChI=1S/C27H23Cl4FN2O2/c28-20-4-1-17(2-5-20)26(36-14-18-3-6-21(29)12-24(18)30)27(31)34-10-9-33(16-34)13-25-23-8-7-22(32)11-19(23)15-35-25/h1-12,25-27H,13-16H2. The molecule has 0 saturated carbocycles. The van der Waals surface area contributed by atoms with Crippen molar-refractivity contribution in [2.75, 3.05) is 13.2 Å². The topological polar surface area (TPSA) is 24.9 Å². The Morgan fingerprint density at radius 1 is 0.972 bits per heavy atom. The molecule has 3 unspecified atom stereocenters. The van der Waals surface area contributed by atoms with Crippen LogP contribution in [0.25, 0.3) is 0 Å². The second kappa shape index (κ2) is 11.2. The van der Waals surface area contributed by atoms with E-state index >= 15 is 0 Å². The fraction of sp³-hybridized carbons (Fsp3) is 0.259. The number of rotatable bonds is 8. The summed E-state index contributed by atoms with van der Waals surface area (Å²) in [5.74, 6) is -0.247. The number of ether oxygens (including phenoxy) is 2. The van der Waals surface area contributed by atoms with Gasteiger partial charge in [-0.1, -0.05) is 70.7 Å². The molecule has 0 fully saturated rings. The molecule has 4 nitrogen and oxygen atoms in total. The van der Waals surface area contributed by atoms with Crippen LogP contribution in [-0.2, 0) is 22.7 Å². The lowest BCUT2D eigenvalue weighted by Crippen LogP contribution is -2.36. The molecule has 0 radical (unpaired) electrons. The van der Waals surface area contributed by atoms with Crippen molar-refractivity contribution in [2.24, 2.45) is 0 Å². The Balaban J connectivity index is 1.27. The summed E-state index contributed by atoms with van der Waals surface area (Å²) in [4.78, 5) is 4.12. The van der Waals surface area contributed by atoms with Gasteiger partial charge in [-0.05, 0) is 58.7 Å². The summed E-state index contributed by atoms with van der Waals surface area (Å²) >= 11 is 25.5. The van der Waals surface area contributed by atoms with E-state index in [9.17, 15) is 4.39 Å². The fourth-order valence-corrected chi connectivity index (χ4v) is 5.33. The molecule has 3 atom stereocenters. The van der Waals surface area contributed by atoms with Crippen molar-refractivity contribution in [1.29, 1.82) is 0 Å². The molecule has 9 heteroatoms. The third-order valence-corrected chi connectivity index (χ3v) is 7.62. The van der Waals surface area contributed by atoms with Gasteiger partial charge in [0.15, 0.2) is 0 Å². The molecular formula is C27H23Cl4FN2O2. The van der Waals surface area contributed by atoms with Gasteiger partial charge in [-0.2, -0.15) is 0 Å². The maximum atomic E-state index is 13.6. The Bertz CT molecular complexity index is 1260. The van der Waals surface area contributed by atoms with E-state index in [2.05, 4.69) is 4.90 Å². The lowest BCUT2D eigenvalue weighted by molar-refractivity contribution is 0.00212. The van der Waals surface area contributed by atoms with E-state index in [-0.39, 0.29) is 18.5 Å². The smallest absolute Gasteiger partial charge is 0.135 e. The Kier molecular flexibility index (Phi) is 7.96. The maximum absolute atomic E-state index is 13.6. The number of nitrogens with zero attached hydrogens (tertiary/aromatic N) is 2. The van der Waals surface area contributed by atoms with Crippen LogP contribution >= 0.6 is 46.4 Å². The average molecular weight is 568 g/mol. The highest BCUT2D eigenvalue weighted by Crippen LogP contribution is 2.35. The molecule has 0 N–H and O–H groups in total. The number of hydrogen-bond acceptors (Lipinski definition) is 4. The number of halogens is 5. The molecule has 0 aliphatic carbocycles. The number of alkyl halides is 1. The molecule has 0 amide bonds. The van der Waals surface area contributed by atoms with Crippen molar-refractivity contribution in [3.8, 4) is 0 Å². The molecule has 188 valence electrons. The second-order valence-corrected chi connectivity index (χ2v) is 10.5. The van der Waals surface area contributed by atoms with E-state index < -0.39 is 11.6 Å². The first kappa shape index (κ1) is 25.7. The van der Waals surface area contributed by atoms with Gasteiger partial charge in [0, 0.05) is 34.0 Å². The molecule has 2 heterocycles. The van der Waals surface area contributed by atoms with Gasteiger partial charge in [-0.15, -0.1) is 0 Å². The van der Waals surface area contributed by atoms with Crippen LogP contribution in [0.4, 0.5) is 4.39 Å². The Morgan fingerprint density at radius 2 is 1.75 bits per heavy atom. The monoisotopic (exact) mass is 566 g/mol. The molecule has 0 bridgehead atoms. The van der Waals surface area contributed by atoms with Crippen molar-refractivity contribution in [2.45, 2.75) is 30.9 Å². The second-order valence-electron chi connectivity index (χ2n) is 8.76. The molecule has 2 aliphatic heterocycles. The van der Waals surface area contributed by atoms with Crippen molar-refractivity contribution < 1.29 is 13.9 Å². The Hall–Kier alpha value is -1.99. The van der Waals surface area contributed by atoms with Crippen LogP contribution in [0.15, 0.2) is 73.1 Å². The van der Waals surface area contributed by atoms with Crippen LogP contribution in [0.5, 0.6) is 0 Å². The third kappa shape index (κ3) is 5.77. The van der Waals surface area contributed by atoms with Crippen LogP contribution in [0.1, 0.15) is 34.5 Å². The lowest BCUT2D eigenvalue weighted by Gasteiger charge is -2.32. The molecule has 0 spiro atoms. The average Bonchev–Trinajstić information content (AvgIpc) is 3.48. The first-order valence-corrected chi connectivity index (χ1v) is 13.0. The zero-order valence-electron chi connectivity index (χ0n) is 19.1. The van der Waals surface area contributed by atoms with Gasteiger partial charge in [-0.3, -0.25) is 0 Å². The fourth-order valence-electron chi connectivity index (χ4n) is 4.40. The highest BCUT2D eigenvalue weighted by Gasteiger charge is 2.32. The zero-order chi connectivity index (χ0) is 25.2. The predicted molar refractivity (Wildman–Crippen MR) is 142 cm³/mol. The molecule has 0 saturated heterocycles. The van der Waals surface area contributed by atoms with E-state index in [1.54, 1.807) is 18.2 Å². The van der Waals surface area contributed by atoms with E-state index in [0.29, 0.717) is 34.9 Å². The summed E-state index contributed by atoms with van der Waals surface area (Å²) in [6.07, 6.45) is 3.33. The quantitative estimate of drug-likeness (QED) is 0.204. The van der Waals surface area contributed by atoms with Crippen LogP contribution < -0.4 is 0 Å². The molecule has 0 aromatic heterocycles. The minimum absolute atomic E-state index is 0.130. The van der Waals surface area contributed by atoms with E-state index in [0.717, 1.165) is 22.3 Å². The van der Waals surface area contributed by atoms with Gasteiger partial charge in [0.2, 0.25) is 0 Å². The van der Waals surface area contributed by atoms with Gasteiger partial charge in [0.25, 0.3) is 0 Å². The van der Waals surface area contributed by atoms with Crippen molar-refractivity contribution in [1.82, 2.24) is 9.80 Å². The Morgan fingerprint density at radius 3 is 2.53 bits per heavy atom. The Labute approximate surface area is 229 Å². The van der Waals surface area contributed by atoms with Crippen LogP contribution in [0.3, 0.4) is 0 Å². The van der Waals surface area contributed by atoms with Crippen LogP contribution in [0.2, 0.25) is 15.1 Å². The highest BCUT2D eigenvalue weighted by molar-refractivity contribution is 6.35. The minimum atomic E-state index is -0.510. The van der Waals surface area contributed by atoms with E-state index in [1.807, 2.05) is 47.6 Å². The molecule has 3 aromatic rings. The first-order chi connectivity index (χ1) is 17.4. The summed E-state index contributed by atoms with van der Waals surface area (Å²) < 4.78 is 25.8. The molecule has 2 aliphatic rings. The number of fused-ring (bicyclic) bond motifs is 1. The molecule has 36 heavy (non-hydrogen) atoms. The van der Waals surface area contributed by atoms with Gasteiger partial charge in [0.1, 0.15) is 23.5 Å². The SMILES string of the molecule is Fc1ccc2c(c1)COC2CN1C=CN(C(Cl)C(OCc2ccc(Cl)cc2Cl)c2ccc(Cl)cc2)C1. The van der Waals surface area contributed by atoms with Crippen LogP contribution in [0, 0.1) is 5.82 Å². The van der Waals surface area contributed by atoms with E-state index in [4.69, 9.17) is 55.9 Å². The normalized spacial score (nSPS) is 18.5. The van der Waals surface area contributed by atoms with Crippen molar-refractivity contribution in [3.05, 3.63) is 116 Å². The van der Waals surface area contributed by atoms with Crippen molar-refractivity contribution >= 4 is 46.4 Å². The summed E-state index contributed by atoms with van der Waals surface area (Å²) in [5.41, 5.74) is 3.12. The number of benzene rings is 3. The van der Waals surface area contributed by atoms with Gasteiger partial charge < -0.3 is 19.3 Å². The van der Waals surface area contributed by atoms with Gasteiger partial charge in [-0.25, -0.2) is 4.39 Å². The molecule has 3 aromatic carbocycles. The highest BCUT2D eigenvalue weighted by atomic mass is 35.5. The summed E-state index contributed by atoms with van der Waals surface area (Å²) in [6, 6.07) is 17.6. The molecular weight excluding hydrogens is 545 g/mol. The lowest BCUT2D eigenvalue weighted by atomic mass is 10.1. The molecule has 5 rings (SSSR count). The van der Waals surface area contributed by atoms with E-state index in [1.165, 1.54) is 12.1 Å². The van der Waals surface area contributed by atoms with Gasteiger partial charge in [0.05, 0.1) is 19.9 Å². The number of hydrogen-bond donors (Lipinski definition) is 0. The largest absolute Gasteiger partial charge is 0.367 e. The van der Waals surface area contributed by atoms with Crippen molar-refractivity contribution in [3.63, 3.8) is 0 Å². The zero-order valence-corrected chi connectivity index (χ0v) is 22.1. The predicted octanol–water partition coefficient (Wildman–Crippen LogP) is 7.93. The maximum Gasteiger partial charge on any atom is 0.135 e. The first-order valence-electron chi connectivity index (χ1n) is 11.4. The summed E-state index contributed by atoms with van der Waals surface area (Å²) in [6.45, 7) is 1.86. The summed E-state index contributed by atoms with van der Waals surface area (Å²) in [5, 5.41) is 1.73. The third-order valence-electron chi connectivity index (χ3n) is 6.30. The minimum Gasteiger partial charge on any atom is -0.367 e. The van der Waals surface area contributed by atoms with Crippen LogP contribution in [-0.4, -0.2) is 28.5 Å².